The van der Waals surface area contributed by atoms with Crippen LogP contribution in [0.3, 0.4) is 0 Å². The van der Waals surface area contributed by atoms with Crippen molar-refractivity contribution in [2.75, 3.05) is 16.4 Å². The Labute approximate surface area is 124 Å². The van der Waals surface area contributed by atoms with Gasteiger partial charge < -0.3 is 16.4 Å². The van der Waals surface area contributed by atoms with Crippen molar-refractivity contribution in [1.82, 2.24) is 0 Å². The highest BCUT2D eigenvalue weighted by atomic mass is 35.5. The summed E-state index contributed by atoms with van der Waals surface area (Å²) in [6, 6.07) is 8.70. The van der Waals surface area contributed by atoms with Gasteiger partial charge in [-0.05, 0) is 30.3 Å². The lowest BCUT2D eigenvalue weighted by Crippen LogP contribution is -2.19. The Morgan fingerprint density at radius 1 is 1.05 bits per heavy atom. The summed E-state index contributed by atoms with van der Waals surface area (Å²) in [5.41, 5.74) is 6.93. The van der Waals surface area contributed by atoms with Gasteiger partial charge in [-0.15, -0.1) is 0 Å². The van der Waals surface area contributed by atoms with E-state index in [9.17, 15) is 9.18 Å². The molecule has 0 unspecified atom stereocenters. The van der Waals surface area contributed by atoms with Gasteiger partial charge in [0.2, 0.25) is 0 Å². The number of nitrogens with one attached hydrogen (secondary N) is 2. The fraction of sp³-hybridized carbons (Fsp3) is 0. The van der Waals surface area contributed by atoms with Crippen LogP contribution in [0.1, 0.15) is 0 Å². The van der Waals surface area contributed by atoms with Crippen LogP contribution in [0, 0.1) is 5.82 Å². The van der Waals surface area contributed by atoms with Crippen molar-refractivity contribution in [2.24, 2.45) is 0 Å². The topological polar surface area (TPSA) is 67.1 Å². The number of urea groups is 1. The van der Waals surface area contributed by atoms with Crippen LogP contribution in [0.15, 0.2) is 36.4 Å². The SMILES string of the molecule is Nc1cccc(NC(=O)Nc2cc(Cl)c(F)c(Cl)c2)c1. The first-order valence-corrected chi connectivity index (χ1v) is 6.29. The molecular formula is C13H10Cl2FN3O. The summed E-state index contributed by atoms with van der Waals surface area (Å²) in [7, 11) is 0. The van der Waals surface area contributed by atoms with Crippen LogP contribution in [0.2, 0.25) is 10.0 Å². The Kier molecular flexibility index (Phi) is 4.32. The number of amides is 2. The van der Waals surface area contributed by atoms with Gasteiger partial charge in [0.1, 0.15) is 0 Å². The normalized spacial score (nSPS) is 10.2. The summed E-state index contributed by atoms with van der Waals surface area (Å²) in [5, 5.41) is 4.73. The number of halogens is 3. The highest BCUT2D eigenvalue weighted by Gasteiger charge is 2.09. The first-order valence-electron chi connectivity index (χ1n) is 5.54. The number of carbonyl (C=O) groups excluding carboxylic acids is 1. The quantitative estimate of drug-likeness (QED) is 0.569. The zero-order valence-corrected chi connectivity index (χ0v) is 11.6. The van der Waals surface area contributed by atoms with Gasteiger partial charge in [0, 0.05) is 17.1 Å². The van der Waals surface area contributed by atoms with Crippen molar-refractivity contribution < 1.29 is 9.18 Å². The second-order valence-corrected chi connectivity index (χ2v) is 4.77. The van der Waals surface area contributed by atoms with Crippen LogP contribution < -0.4 is 16.4 Å². The van der Waals surface area contributed by atoms with Gasteiger partial charge >= 0.3 is 6.03 Å². The first-order chi connectivity index (χ1) is 9.45. The maximum absolute atomic E-state index is 13.2. The first kappa shape index (κ1) is 14.4. The fourth-order valence-corrected chi connectivity index (χ4v) is 2.02. The largest absolute Gasteiger partial charge is 0.399 e. The van der Waals surface area contributed by atoms with Crippen LogP contribution in [0.4, 0.5) is 26.2 Å². The van der Waals surface area contributed by atoms with Crippen molar-refractivity contribution >= 4 is 46.3 Å². The van der Waals surface area contributed by atoms with Gasteiger partial charge in [-0.1, -0.05) is 29.3 Å². The molecule has 0 aliphatic heterocycles. The molecule has 2 aromatic rings. The molecule has 0 atom stereocenters. The number of benzene rings is 2. The minimum Gasteiger partial charge on any atom is -0.399 e. The minimum absolute atomic E-state index is 0.170. The number of rotatable bonds is 2. The molecule has 7 heteroatoms. The van der Waals surface area contributed by atoms with Crippen LogP contribution in [-0.2, 0) is 0 Å². The van der Waals surface area contributed by atoms with Crippen LogP contribution in [0.25, 0.3) is 0 Å². The third kappa shape index (κ3) is 3.53. The van der Waals surface area contributed by atoms with E-state index in [0.717, 1.165) is 0 Å². The van der Waals surface area contributed by atoms with E-state index >= 15 is 0 Å². The standard InChI is InChI=1S/C13H10Cl2FN3O/c14-10-5-9(6-11(15)12(10)16)19-13(20)18-8-3-1-2-7(17)4-8/h1-6H,17H2,(H2,18,19,20). The highest BCUT2D eigenvalue weighted by molar-refractivity contribution is 6.35. The Morgan fingerprint density at radius 3 is 2.25 bits per heavy atom. The fourth-order valence-electron chi connectivity index (χ4n) is 1.54. The van der Waals surface area contributed by atoms with Crippen molar-refractivity contribution in [3.8, 4) is 0 Å². The summed E-state index contributed by atoms with van der Waals surface area (Å²) in [4.78, 5) is 11.8. The van der Waals surface area contributed by atoms with Gasteiger partial charge in [-0.2, -0.15) is 0 Å². The Hall–Kier alpha value is -1.98. The molecule has 2 rings (SSSR count). The van der Waals surface area contributed by atoms with E-state index < -0.39 is 11.8 Å². The summed E-state index contributed by atoms with van der Waals surface area (Å²) in [5.74, 6) is -0.727. The molecule has 20 heavy (non-hydrogen) atoms. The number of nitrogen functional groups attached to an aromatic ring is 1. The Bertz CT molecular complexity index is 641. The summed E-state index contributed by atoms with van der Waals surface area (Å²) in [6.07, 6.45) is 0. The number of carbonyl (C=O) groups is 1. The molecule has 0 bridgehead atoms. The molecule has 0 radical (unpaired) electrons. The minimum atomic E-state index is -0.727. The summed E-state index contributed by atoms with van der Waals surface area (Å²) >= 11 is 11.3. The molecule has 0 saturated carbocycles. The molecule has 4 nitrogen and oxygen atoms in total. The number of hydrogen-bond acceptors (Lipinski definition) is 2. The monoisotopic (exact) mass is 313 g/mol. The lowest BCUT2D eigenvalue weighted by Gasteiger charge is -2.09. The molecule has 2 amide bonds. The lowest BCUT2D eigenvalue weighted by molar-refractivity contribution is 0.262. The second-order valence-electron chi connectivity index (χ2n) is 3.96. The van der Waals surface area contributed by atoms with Crippen LogP contribution >= 0.6 is 23.2 Å². The molecule has 2 aromatic carbocycles. The third-order valence-electron chi connectivity index (χ3n) is 2.39. The molecule has 4 N–H and O–H groups in total. The molecule has 0 saturated heterocycles. The molecule has 104 valence electrons. The van der Waals surface area contributed by atoms with E-state index in [1.54, 1.807) is 24.3 Å². The highest BCUT2D eigenvalue weighted by Crippen LogP contribution is 2.27. The molecule has 0 heterocycles. The summed E-state index contributed by atoms with van der Waals surface area (Å²) < 4.78 is 13.2. The van der Waals surface area contributed by atoms with Crippen LogP contribution in [-0.4, -0.2) is 6.03 Å². The average molecular weight is 314 g/mol. The van der Waals surface area contributed by atoms with Gasteiger partial charge in [0.05, 0.1) is 10.0 Å². The second kappa shape index (κ2) is 5.98. The molecule has 0 aromatic heterocycles. The van der Waals surface area contributed by atoms with Crippen LogP contribution in [0.5, 0.6) is 0 Å². The average Bonchev–Trinajstić information content (AvgIpc) is 2.35. The van der Waals surface area contributed by atoms with E-state index in [1.165, 1.54) is 12.1 Å². The predicted molar refractivity (Wildman–Crippen MR) is 79.9 cm³/mol. The van der Waals surface area contributed by atoms with E-state index in [0.29, 0.717) is 11.4 Å². The zero-order chi connectivity index (χ0) is 14.7. The maximum atomic E-state index is 13.2. The third-order valence-corrected chi connectivity index (χ3v) is 2.94. The van der Waals surface area contributed by atoms with Gasteiger partial charge in [-0.25, -0.2) is 9.18 Å². The van der Waals surface area contributed by atoms with E-state index in [2.05, 4.69) is 10.6 Å². The zero-order valence-electron chi connectivity index (χ0n) is 10.1. The molecular weight excluding hydrogens is 304 g/mol. The Morgan fingerprint density at radius 2 is 1.65 bits per heavy atom. The molecule has 0 aliphatic carbocycles. The van der Waals surface area contributed by atoms with Crippen molar-refractivity contribution in [3.63, 3.8) is 0 Å². The summed E-state index contributed by atoms with van der Waals surface area (Å²) in [6.45, 7) is 0. The van der Waals surface area contributed by atoms with E-state index in [1.807, 2.05) is 0 Å². The smallest absolute Gasteiger partial charge is 0.323 e. The maximum Gasteiger partial charge on any atom is 0.323 e. The Balaban J connectivity index is 2.09. The van der Waals surface area contributed by atoms with Crippen molar-refractivity contribution in [3.05, 3.63) is 52.3 Å². The number of nitrogens with two attached hydrogens (primary N) is 1. The lowest BCUT2D eigenvalue weighted by atomic mass is 10.3. The predicted octanol–water partition coefficient (Wildman–Crippen LogP) is 4.36. The molecule has 0 spiro atoms. The van der Waals surface area contributed by atoms with Gasteiger partial charge in [0.25, 0.3) is 0 Å². The van der Waals surface area contributed by atoms with Gasteiger partial charge in [-0.3, -0.25) is 0 Å². The van der Waals surface area contributed by atoms with Crippen molar-refractivity contribution in [1.29, 1.82) is 0 Å². The number of hydrogen-bond donors (Lipinski definition) is 3. The molecule has 0 fully saturated rings. The van der Waals surface area contributed by atoms with Crippen molar-refractivity contribution in [2.45, 2.75) is 0 Å². The van der Waals surface area contributed by atoms with E-state index in [4.69, 9.17) is 28.9 Å². The van der Waals surface area contributed by atoms with Gasteiger partial charge in [0.15, 0.2) is 5.82 Å². The number of anilines is 3. The molecule has 0 aliphatic rings. The van der Waals surface area contributed by atoms with E-state index in [-0.39, 0.29) is 15.7 Å².